The molecule has 0 fully saturated rings. The lowest BCUT2D eigenvalue weighted by molar-refractivity contribution is -0.385. The highest BCUT2D eigenvalue weighted by molar-refractivity contribution is 7.98. The number of nitro groups is 1. The molecule has 2 N–H and O–H groups in total. The highest BCUT2D eigenvalue weighted by Crippen LogP contribution is 2.25. The molecule has 0 aromatic heterocycles. The van der Waals surface area contributed by atoms with Gasteiger partial charge in [-0.2, -0.15) is 11.8 Å². The molecule has 1 atom stereocenters. The van der Waals surface area contributed by atoms with Gasteiger partial charge < -0.3 is 10.4 Å². The van der Waals surface area contributed by atoms with E-state index in [0.717, 1.165) is 0 Å². The zero-order valence-electron chi connectivity index (χ0n) is 10.8. The fourth-order valence-corrected chi connectivity index (χ4v) is 2.38. The highest BCUT2D eigenvalue weighted by atomic mass is 32.2. The second-order valence-electron chi connectivity index (χ2n) is 4.49. The van der Waals surface area contributed by atoms with Gasteiger partial charge in [-0.3, -0.25) is 10.1 Å². The predicted molar refractivity (Wildman–Crippen MR) is 75.3 cm³/mol. The first-order chi connectivity index (χ1) is 8.37. The molecule has 0 radical (unpaired) electrons. The number of nitrogens with one attached hydrogen (secondary N) is 1. The van der Waals surface area contributed by atoms with Crippen LogP contribution in [0.15, 0.2) is 18.2 Å². The van der Waals surface area contributed by atoms with E-state index < -0.39 is 10.5 Å². The molecule has 0 spiro atoms. The maximum Gasteiger partial charge on any atom is 0.274 e. The third kappa shape index (κ3) is 3.89. The number of aliphatic hydroxyl groups is 1. The second kappa shape index (κ2) is 6.06. The van der Waals surface area contributed by atoms with Crippen LogP contribution in [0.1, 0.15) is 12.5 Å². The van der Waals surface area contributed by atoms with E-state index in [0.29, 0.717) is 23.5 Å². The van der Waals surface area contributed by atoms with Crippen molar-refractivity contribution >= 4 is 23.1 Å². The number of nitro benzene ring substituents is 1. The first kappa shape index (κ1) is 14.8. The Hall–Kier alpha value is -1.27. The fraction of sp³-hybridized carbons (Fsp3) is 0.500. The molecule has 0 amide bonds. The topological polar surface area (TPSA) is 75.4 Å². The summed E-state index contributed by atoms with van der Waals surface area (Å²) in [6.45, 7) is 3.79. The van der Waals surface area contributed by atoms with Crippen LogP contribution in [0.4, 0.5) is 11.4 Å². The summed E-state index contributed by atoms with van der Waals surface area (Å²) < 4.78 is 0. The fourth-order valence-electron chi connectivity index (χ4n) is 1.66. The molecule has 5 nitrogen and oxygen atoms in total. The van der Waals surface area contributed by atoms with Gasteiger partial charge in [0.25, 0.3) is 5.69 Å². The Labute approximate surface area is 111 Å². The van der Waals surface area contributed by atoms with Gasteiger partial charge in [-0.1, -0.05) is 6.07 Å². The van der Waals surface area contributed by atoms with Crippen molar-refractivity contribution in [2.45, 2.75) is 19.4 Å². The average Bonchev–Trinajstić information content (AvgIpc) is 2.27. The van der Waals surface area contributed by atoms with Crippen LogP contribution in [0.25, 0.3) is 0 Å². The summed E-state index contributed by atoms with van der Waals surface area (Å²) in [6.07, 6.45) is 1.92. The first-order valence-corrected chi connectivity index (χ1v) is 6.96. The van der Waals surface area contributed by atoms with Crippen LogP contribution in [0.2, 0.25) is 0 Å². The van der Waals surface area contributed by atoms with Gasteiger partial charge in [0.2, 0.25) is 0 Å². The summed E-state index contributed by atoms with van der Waals surface area (Å²) in [6, 6.07) is 4.88. The van der Waals surface area contributed by atoms with E-state index in [1.165, 1.54) is 6.07 Å². The van der Waals surface area contributed by atoms with Crippen molar-refractivity contribution in [3.8, 4) is 0 Å². The first-order valence-electron chi connectivity index (χ1n) is 5.56. The standard InChI is InChI=1S/C12H18N2O3S/c1-9-10(5-4-6-11(9)14(16)17)13-7-12(2,15)8-18-3/h4-6,13,15H,7-8H2,1-3H3. The number of hydrogen-bond donors (Lipinski definition) is 2. The minimum Gasteiger partial charge on any atom is -0.387 e. The Morgan fingerprint density at radius 3 is 2.78 bits per heavy atom. The molecule has 18 heavy (non-hydrogen) atoms. The SMILES string of the molecule is CSCC(C)(O)CNc1cccc([N+](=O)[O-])c1C. The van der Waals surface area contributed by atoms with Gasteiger partial charge in [0, 0.05) is 29.6 Å². The van der Waals surface area contributed by atoms with E-state index in [4.69, 9.17) is 0 Å². The Balaban J connectivity index is 2.80. The maximum atomic E-state index is 10.8. The lowest BCUT2D eigenvalue weighted by atomic mass is 10.1. The zero-order valence-corrected chi connectivity index (χ0v) is 11.6. The van der Waals surface area contributed by atoms with Crippen LogP contribution < -0.4 is 5.32 Å². The van der Waals surface area contributed by atoms with Crippen LogP contribution in [-0.4, -0.2) is 34.2 Å². The molecule has 1 aromatic carbocycles. The molecule has 1 aromatic rings. The number of anilines is 1. The van der Waals surface area contributed by atoms with Gasteiger partial charge in [-0.25, -0.2) is 0 Å². The van der Waals surface area contributed by atoms with Crippen molar-refractivity contribution in [2.24, 2.45) is 0 Å². The smallest absolute Gasteiger partial charge is 0.274 e. The van der Waals surface area contributed by atoms with Crippen molar-refractivity contribution in [3.05, 3.63) is 33.9 Å². The van der Waals surface area contributed by atoms with E-state index in [1.54, 1.807) is 37.7 Å². The third-order valence-corrected chi connectivity index (χ3v) is 3.53. The van der Waals surface area contributed by atoms with E-state index in [2.05, 4.69) is 5.32 Å². The molecular formula is C12H18N2O3S. The summed E-state index contributed by atoms with van der Waals surface area (Å²) in [5.74, 6) is 0.605. The molecule has 0 bridgehead atoms. The van der Waals surface area contributed by atoms with Gasteiger partial charge in [0.1, 0.15) is 0 Å². The van der Waals surface area contributed by atoms with Crippen LogP contribution in [0.3, 0.4) is 0 Å². The number of hydrogen-bond acceptors (Lipinski definition) is 5. The van der Waals surface area contributed by atoms with Gasteiger partial charge in [-0.15, -0.1) is 0 Å². The summed E-state index contributed by atoms with van der Waals surface area (Å²) in [7, 11) is 0. The van der Waals surface area contributed by atoms with Crippen molar-refractivity contribution in [2.75, 3.05) is 23.9 Å². The average molecular weight is 270 g/mol. The van der Waals surface area contributed by atoms with Gasteiger partial charge in [0.05, 0.1) is 10.5 Å². The van der Waals surface area contributed by atoms with E-state index in [-0.39, 0.29) is 5.69 Å². The molecule has 6 heteroatoms. The minimum absolute atomic E-state index is 0.0875. The van der Waals surface area contributed by atoms with Crippen molar-refractivity contribution < 1.29 is 10.0 Å². The van der Waals surface area contributed by atoms with Crippen molar-refractivity contribution in [1.82, 2.24) is 0 Å². The third-order valence-electron chi connectivity index (χ3n) is 2.62. The van der Waals surface area contributed by atoms with E-state index in [1.807, 2.05) is 6.26 Å². The minimum atomic E-state index is -0.837. The molecule has 0 saturated heterocycles. The van der Waals surface area contributed by atoms with E-state index >= 15 is 0 Å². The van der Waals surface area contributed by atoms with Gasteiger partial charge in [0.15, 0.2) is 0 Å². The Morgan fingerprint density at radius 2 is 2.22 bits per heavy atom. The lowest BCUT2D eigenvalue weighted by Gasteiger charge is -2.23. The Kier molecular flexibility index (Phi) is 4.98. The number of rotatable bonds is 6. The van der Waals surface area contributed by atoms with Crippen molar-refractivity contribution in [1.29, 1.82) is 0 Å². The van der Waals surface area contributed by atoms with Crippen LogP contribution in [0, 0.1) is 17.0 Å². The predicted octanol–water partition coefficient (Wildman–Crippen LogP) is 2.43. The number of thioether (sulfide) groups is 1. The Morgan fingerprint density at radius 1 is 1.56 bits per heavy atom. The second-order valence-corrected chi connectivity index (χ2v) is 5.36. The lowest BCUT2D eigenvalue weighted by Crippen LogP contribution is -2.36. The summed E-state index contributed by atoms with van der Waals surface area (Å²) in [4.78, 5) is 10.4. The Bertz CT molecular complexity index is 435. The number of benzene rings is 1. The van der Waals surface area contributed by atoms with Crippen LogP contribution in [-0.2, 0) is 0 Å². The molecule has 1 rings (SSSR count). The highest BCUT2D eigenvalue weighted by Gasteiger charge is 2.20. The molecule has 0 aliphatic heterocycles. The summed E-state index contributed by atoms with van der Waals surface area (Å²) >= 11 is 1.56. The van der Waals surface area contributed by atoms with Crippen LogP contribution >= 0.6 is 11.8 Å². The summed E-state index contributed by atoms with van der Waals surface area (Å²) in [5, 5.41) is 23.9. The molecule has 0 aliphatic carbocycles. The molecule has 0 heterocycles. The maximum absolute atomic E-state index is 10.8. The monoisotopic (exact) mass is 270 g/mol. The van der Waals surface area contributed by atoms with E-state index in [9.17, 15) is 15.2 Å². The molecule has 0 aliphatic rings. The van der Waals surface area contributed by atoms with Crippen molar-refractivity contribution in [3.63, 3.8) is 0 Å². The molecule has 100 valence electrons. The van der Waals surface area contributed by atoms with Crippen LogP contribution in [0.5, 0.6) is 0 Å². The van der Waals surface area contributed by atoms with Gasteiger partial charge >= 0.3 is 0 Å². The molecule has 0 saturated carbocycles. The normalized spacial score (nSPS) is 14.0. The van der Waals surface area contributed by atoms with Gasteiger partial charge in [-0.05, 0) is 26.2 Å². The largest absolute Gasteiger partial charge is 0.387 e. The zero-order chi connectivity index (χ0) is 13.8. The molecule has 1 unspecified atom stereocenters. The number of nitrogens with zero attached hydrogens (tertiary/aromatic N) is 1. The summed E-state index contributed by atoms with van der Waals surface area (Å²) in [5.41, 5.74) is 0.522. The molecular weight excluding hydrogens is 252 g/mol. The quantitative estimate of drug-likeness (QED) is 0.613.